The van der Waals surface area contributed by atoms with E-state index in [0.29, 0.717) is 19.8 Å². The third-order valence-corrected chi connectivity index (χ3v) is 5.92. The van der Waals surface area contributed by atoms with Gasteiger partial charge in [-0.25, -0.2) is 13.1 Å². The highest BCUT2D eigenvalue weighted by Gasteiger charge is 2.19. The number of hydrogen-bond acceptors (Lipinski definition) is 5. The molecule has 1 N–H and O–H groups in total. The zero-order valence-corrected chi connectivity index (χ0v) is 16.1. The van der Waals surface area contributed by atoms with E-state index >= 15 is 0 Å². The van der Waals surface area contributed by atoms with Crippen LogP contribution in [0.1, 0.15) is 22.5 Å². The predicted molar refractivity (Wildman–Crippen MR) is 103 cm³/mol. The second-order valence-corrected chi connectivity index (χ2v) is 8.35. The Balaban J connectivity index is 1.36. The summed E-state index contributed by atoms with van der Waals surface area (Å²) in [6, 6.07) is 16.3. The van der Waals surface area contributed by atoms with Crippen molar-refractivity contribution in [2.24, 2.45) is 0 Å². The third-order valence-electron chi connectivity index (χ3n) is 4.52. The lowest BCUT2D eigenvalue weighted by Gasteiger charge is -2.09. The van der Waals surface area contributed by atoms with Gasteiger partial charge in [-0.3, -0.25) is 0 Å². The summed E-state index contributed by atoms with van der Waals surface area (Å²) in [5, 5.41) is 0. The van der Waals surface area contributed by atoms with E-state index in [9.17, 15) is 8.42 Å². The fourth-order valence-corrected chi connectivity index (χ4v) is 4.15. The Morgan fingerprint density at radius 2 is 1.89 bits per heavy atom. The first-order chi connectivity index (χ1) is 13.6. The monoisotopic (exact) mass is 399 g/mol. The predicted octanol–water partition coefficient (Wildman–Crippen LogP) is 3.41. The van der Waals surface area contributed by atoms with E-state index < -0.39 is 10.0 Å². The van der Waals surface area contributed by atoms with Crippen LogP contribution < -0.4 is 9.46 Å². The second kappa shape index (κ2) is 8.18. The fourth-order valence-electron chi connectivity index (χ4n) is 3.09. The van der Waals surface area contributed by atoms with Crippen LogP contribution in [0.4, 0.5) is 0 Å². The van der Waals surface area contributed by atoms with Crippen LogP contribution in [0.25, 0.3) is 0 Å². The van der Waals surface area contributed by atoms with Crippen LogP contribution in [0.3, 0.4) is 0 Å². The highest BCUT2D eigenvalue weighted by atomic mass is 32.2. The number of rotatable bonds is 8. The molecule has 1 aromatic heterocycles. The van der Waals surface area contributed by atoms with Crippen molar-refractivity contribution in [2.45, 2.75) is 31.1 Å². The van der Waals surface area contributed by atoms with Gasteiger partial charge in [-0.05, 0) is 47.0 Å². The molecule has 4 rings (SSSR count). The topological polar surface area (TPSA) is 77.8 Å². The van der Waals surface area contributed by atoms with E-state index in [1.54, 1.807) is 24.5 Å². The SMILES string of the molecule is O=S(=O)(NCc1cccc(COCc2ccco2)c1)c1ccc2c(c1)CCO2. The molecule has 1 aliphatic heterocycles. The zero-order chi connectivity index (χ0) is 19.4. The maximum absolute atomic E-state index is 12.6. The van der Waals surface area contributed by atoms with Crippen molar-refractivity contribution in [2.75, 3.05) is 6.61 Å². The van der Waals surface area contributed by atoms with Crippen molar-refractivity contribution in [1.29, 1.82) is 0 Å². The molecule has 6 nitrogen and oxygen atoms in total. The zero-order valence-electron chi connectivity index (χ0n) is 15.3. The number of fused-ring (bicyclic) bond motifs is 1. The Hall–Kier alpha value is -2.61. The molecule has 1 aliphatic rings. The van der Waals surface area contributed by atoms with Gasteiger partial charge in [-0.2, -0.15) is 0 Å². The summed E-state index contributed by atoms with van der Waals surface area (Å²) in [4.78, 5) is 0.259. The first-order valence-corrected chi connectivity index (χ1v) is 10.5. The number of sulfonamides is 1. The quantitative estimate of drug-likeness (QED) is 0.628. The smallest absolute Gasteiger partial charge is 0.240 e. The van der Waals surface area contributed by atoms with Gasteiger partial charge in [0.05, 0.1) is 24.4 Å². The van der Waals surface area contributed by atoms with Crippen molar-refractivity contribution in [3.8, 4) is 5.75 Å². The highest BCUT2D eigenvalue weighted by molar-refractivity contribution is 7.89. The van der Waals surface area contributed by atoms with Gasteiger partial charge in [-0.15, -0.1) is 0 Å². The van der Waals surface area contributed by atoms with Crippen LogP contribution in [0.5, 0.6) is 5.75 Å². The summed E-state index contributed by atoms with van der Waals surface area (Å²) < 4.78 is 44.2. The van der Waals surface area contributed by atoms with E-state index in [1.165, 1.54) is 0 Å². The molecule has 2 aromatic carbocycles. The first-order valence-electron chi connectivity index (χ1n) is 9.03. The van der Waals surface area contributed by atoms with Gasteiger partial charge < -0.3 is 13.9 Å². The summed E-state index contributed by atoms with van der Waals surface area (Å²) in [6.45, 7) is 1.63. The molecule has 0 spiro atoms. The fraction of sp³-hybridized carbons (Fsp3) is 0.238. The van der Waals surface area contributed by atoms with Gasteiger partial charge in [-0.1, -0.05) is 24.3 Å². The molecule has 146 valence electrons. The molecule has 0 unspecified atom stereocenters. The Morgan fingerprint density at radius 1 is 1.00 bits per heavy atom. The number of benzene rings is 2. The van der Waals surface area contributed by atoms with E-state index in [2.05, 4.69) is 4.72 Å². The Kier molecular flexibility index (Phi) is 5.47. The molecule has 0 aliphatic carbocycles. The van der Waals surface area contributed by atoms with Crippen molar-refractivity contribution in [3.05, 3.63) is 83.3 Å². The summed E-state index contributed by atoms with van der Waals surface area (Å²) in [5.74, 6) is 1.53. The van der Waals surface area contributed by atoms with Crippen LogP contribution in [0.2, 0.25) is 0 Å². The van der Waals surface area contributed by atoms with E-state index in [1.807, 2.05) is 36.4 Å². The summed E-state index contributed by atoms with van der Waals surface area (Å²) in [5.41, 5.74) is 2.77. The van der Waals surface area contributed by atoms with Crippen molar-refractivity contribution >= 4 is 10.0 Å². The number of nitrogens with one attached hydrogen (secondary N) is 1. The third kappa shape index (κ3) is 4.44. The number of ether oxygens (including phenoxy) is 2. The largest absolute Gasteiger partial charge is 0.493 e. The molecule has 0 fully saturated rings. The minimum atomic E-state index is -3.59. The summed E-state index contributed by atoms with van der Waals surface area (Å²) in [7, 11) is -3.59. The Bertz CT molecular complexity index is 1040. The van der Waals surface area contributed by atoms with Crippen molar-refractivity contribution in [1.82, 2.24) is 4.72 Å². The minimum Gasteiger partial charge on any atom is -0.493 e. The first kappa shape index (κ1) is 18.7. The lowest BCUT2D eigenvalue weighted by Crippen LogP contribution is -2.23. The molecule has 0 amide bonds. The minimum absolute atomic E-state index is 0.210. The lowest BCUT2D eigenvalue weighted by molar-refractivity contribution is 0.0929. The van der Waals surface area contributed by atoms with Gasteiger partial charge in [0, 0.05) is 13.0 Å². The number of hydrogen-bond donors (Lipinski definition) is 1. The van der Waals surface area contributed by atoms with Crippen LogP contribution in [0, 0.1) is 0 Å². The Morgan fingerprint density at radius 3 is 2.75 bits per heavy atom. The van der Waals surface area contributed by atoms with Gasteiger partial charge >= 0.3 is 0 Å². The van der Waals surface area contributed by atoms with Crippen LogP contribution in [0.15, 0.2) is 70.2 Å². The Labute approximate surface area is 164 Å². The molecule has 3 aromatic rings. The second-order valence-electron chi connectivity index (χ2n) is 6.58. The molecule has 0 bridgehead atoms. The summed E-state index contributed by atoms with van der Waals surface area (Å²) in [6.07, 6.45) is 2.35. The number of furan rings is 1. The van der Waals surface area contributed by atoms with Crippen LogP contribution >= 0.6 is 0 Å². The molecule has 28 heavy (non-hydrogen) atoms. The molecule has 0 saturated carbocycles. The van der Waals surface area contributed by atoms with Gasteiger partial charge in [0.25, 0.3) is 0 Å². The highest BCUT2D eigenvalue weighted by Crippen LogP contribution is 2.27. The van der Waals surface area contributed by atoms with Crippen LogP contribution in [-0.4, -0.2) is 15.0 Å². The lowest BCUT2D eigenvalue weighted by atomic mass is 10.1. The van der Waals surface area contributed by atoms with E-state index in [0.717, 1.165) is 34.6 Å². The van der Waals surface area contributed by atoms with Crippen molar-refractivity contribution in [3.63, 3.8) is 0 Å². The van der Waals surface area contributed by atoms with Gasteiger partial charge in [0.1, 0.15) is 18.1 Å². The molecule has 0 atom stereocenters. The average Bonchev–Trinajstić information content (AvgIpc) is 3.38. The maximum Gasteiger partial charge on any atom is 0.240 e. The van der Waals surface area contributed by atoms with Gasteiger partial charge in [0.15, 0.2) is 0 Å². The summed E-state index contributed by atoms with van der Waals surface area (Å²) >= 11 is 0. The van der Waals surface area contributed by atoms with E-state index in [-0.39, 0.29) is 11.4 Å². The van der Waals surface area contributed by atoms with Crippen molar-refractivity contribution < 1.29 is 22.3 Å². The van der Waals surface area contributed by atoms with Crippen LogP contribution in [-0.2, 0) is 40.9 Å². The standard InChI is InChI=1S/C21H21NO5S/c23-28(24,20-6-7-21-18(12-20)8-10-27-21)22-13-16-3-1-4-17(11-16)14-25-15-19-5-2-9-26-19/h1-7,9,11-12,22H,8,10,13-15H2. The van der Waals surface area contributed by atoms with E-state index in [4.69, 9.17) is 13.9 Å². The molecule has 7 heteroatoms. The molecule has 2 heterocycles. The maximum atomic E-state index is 12.6. The molecule has 0 radical (unpaired) electrons. The average molecular weight is 399 g/mol. The van der Waals surface area contributed by atoms with Gasteiger partial charge in [0.2, 0.25) is 10.0 Å². The molecule has 0 saturated heterocycles. The molecular weight excluding hydrogens is 378 g/mol. The molecular formula is C21H21NO5S. The normalized spacial score (nSPS) is 13.3.